The van der Waals surface area contributed by atoms with Gasteiger partial charge in [0, 0.05) is 12.1 Å². The van der Waals surface area contributed by atoms with Crippen molar-refractivity contribution in [2.75, 3.05) is 0 Å². The van der Waals surface area contributed by atoms with Gasteiger partial charge in [0.25, 0.3) is 0 Å². The molecule has 0 bridgehead atoms. The van der Waals surface area contributed by atoms with E-state index in [1.54, 1.807) is 0 Å². The summed E-state index contributed by atoms with van der Waals surface area (Å²) in [5.41, 5.74) is 0. The van der Waals surface area contributed by atoms with Crippen molar-refractivity contribution < 1.29 is 0 Å². The lowest BCUT2D eigenvalue weighted by atomic mass is 10.0. The number of hydrogen-bond donors (Lipinski definition) is 1. The Morgan fingerprint density at radius 1 is 0.769 bits per heavy atom. The van der Waals surface area contributed by atoms with Crippen molar-refractivity contribution in [3.63, 3.8) is 0 Å². The monoisotopic (exact) mass is 181 g/mol. The van der Waals surface area contributed by atoms with Crippen LogP contribution in [0.4, 0.5) is 0 Å². The van der Waals surface area contributed by atoms with E-state index >= 15 is 0 Å². The molecule has 0 aromatic carbocycles. The first kappa shape index (κ1) is 9.51. The van der Waals surface area contributed by atoms with Crippen molar-refractivity contribution >= 4 is 0 Å². The summed E-state index contributed by atoms with van der Waals surface area (Å²) in [7, 11) is 0. The minimum Gasteiger partial charge on any atom is -0.311 e. The van der Waals surface area contributed by atoms with Crippen LogP contribution in [0.5, 0.6) is 0 Å². The fraction of sp³-hybridized carbons (Fsp3) is 1.00. The van der Waals surface area contributed by atoms with Crippen molar-refractivity contribution in [1.29, 1.82) is 0 Å². The van der Waals surface area contributed by atoms with Crippen LogP contribution in [0.3, 0.4) is 0 Å². The van der Waals surface area contributed by atoms with E-state index in [2.05, 4.69) is 19.2 Å². The van der Waals surface area contributed by atoms with E-state index in [9.17, 15) is 0 Å². The molecule has 76 valence electrons. The zero-order chi connectivity index (χ0) is 9.26. The molecular weight excluding hydrogens is 158 g/mol. The summed E-state index contributed by atoms with van der Waals surface area (Å²) in [5, 5.41) is 3.88. The predicted molar refractivity (Wildman–Crippen MR) is 56.7 cm³/mol. The van der Waals surface area contributed by atoms with Gasteiger partial charge in [0.1, 0.15) is 0 Å². The van der Waals surface area contributed by atoms with Gasteiger partial charge >= 0.3 is 0 Å². The summed E-state index contributed by atoms with van der Waals surface area (Å²) in [6, 6.07) is 1.68. The van der Waals surface area contributed by atoms with E-state index in [0.717, 1.165) is 23.9 Å². The summed E-state index contributed by atoms with van der Waals surface area (Å²) < 4.78 is 0. The topological polar surface area (TPSA) is 12.0 Å². The highest BCUT2D eigenvalue weighted by Crippen LogP contribution is 2.30. The van der Waals surface area contributed by atoms with Crippen molar-refractivity contribution in [3.05, 3.63) is 0 Å². The minimum atomic E-state index is 0.838. The van der Waals surface area contributed by atoms with Crippen LogP contribution in [-0.4, -0.2) is 12.1 Å². The van der Waals surface area contributed by atoms with E-state index in [4.69, 9.17) is 0 Å². The molecule has 0 saturated heterocycles. The van der Waals surface area contributed by atoms with Gasteiger partial charge in [-0.25, -0.2) is 0 Å². The highest BCUT2D eigenvalue weighted by molar-refractivity contribution is 4.87. The maximum Gasteiger partial charge on any atom is 0.00953 e. The maximum absolute atomic E-state index is 3.88. The molecule has 0 aromatic heterocycles. The van der Waals surface area contributed by atoms with Crippen LogP contribution in [0.1, 0.15) is 52.4 Å². The molecule has 2 aliphatic rings. The fourth-order valence-electron chi connectivity index (χ4n) is 3.06. The first-order valence-electron chi connectivity index (χ1n) is 6.03. The largest absolute Gasteiger partial charge is 0.311 e. The Labute approximate surface area is 82.3 Å². The van der Waals surface area contributed by atoms with Crippen molar-refractivity contribution in [2.24, 2.45) is 11.8 Å². The lowest BCUT2D eigenvalue weighted by molar-refractivity contribution is 0.333. The molecule has 2 fully saturated rings. The Kier molecular flexibility index (Phi) is 2.92. The Hall–Kier alpha value is -0.0400. The van der Waals surface area contributed by atoms with Crippen LogP contribution in [0.2, 0.25) is 0 Å². The molecular formula is C12H23N. The zero-order valence-corrected chi connectivity index (χ0v) is 9.05. The highest BCUT2D eigenvalue weighted by atomic mass is 15.0. The summed E-state index contributed by atoms with van der Waals surface area (Å²) in [4.78, 5) is 0. The van der Waals surface area contributed by atoms with E-state index in [-0.39, 0.29) is 0 Å². The Morgan fingerprint density at radius 3 is 1.54 bits per heavy atom. The molecule has 0 radical (unpaired) electrons. The van der Waals surface area contributed by atoms with Crippen LogP contribution in [0.15, 0.2) is 0 Å². The van der Waals surface area contributed by atoms with Gasteiger partial charge in [-0.2, -0.15) is 0 Å². The second-order valence-electron chi connectivity index (χ2n) is 5.20. The molecule has 1 nitrogen and oxygen atoms in total. The Morgan fingerprint density at radius 2 is 1.23 bits per heavy atom. The number of nitrogens with one attached hydrogen (secondary N) is 1. The molecule has 0 amide bonds. The molecule has 2 aliphatic carbocycles. The molecule has 1 N–H and O–H groups in total. The molecule has 0 aromatic rings. The van der Waals surface area contributed by atoms with E-state index in [0.29, 0.717) is 0 Å². The van der Waals surface area contributed by atoms with Gasteiger partial charge in [-0.15, -0.1) is 0 Å². The normalized spacial score (nSPS) is 45.7. The predicted octanol–water partition coefficient (Wildman–Crippen LogP) is 2.95. The van der Waals surface area contributed by atoms with Crippen LogP contribution in [0, 0.1) is 11.8 Å². The van der Waals surface area contributed by atoms with Gasteiger partial charge < -0.3 is 5.32 Å². The maximum atomic E-state index is 3.88. The molecule has 2 saturated carbocycles. The Bertz CT molecular complexity index is 149. The van der Waals surface area contributed by atoms with Crippen LogP contribution >= 0.6 is 0 Å². The van der Waals surface area contributed by atoms with Crippen molar-refractivity contribution in [1.82, 2.24) is 5.32 Å². The van der Waals surface area contributed by atoms with E-state index < -0.39 is 0 Å². The summed E-state index contributed by atoms with van der Waals surface area (Å²) >= 11 is 0. The van der Waals surface area contributed by atoms with Crippen LogP contribution in [-0.2, 0) is 0 Å². The smallest absolute Gasteiger partial charge is 0.00953 e. The standard InChI is InChI=1S/C12H23N/c1-9-5-3-7-11(9)13-12-8-4-6-10(12)2/h9-13H,3-8H2,1-2H3. The third-order valence-corrected chi connectivity index (χ3v) is 4.15. The fourth-order valence-corrected chi connectivity index (χ4v) is 3.06. The quantitative estimate of drug-likeness (QED) is 0.690. The van der Waals surface area contributed by atoms with Gasteiger partial charge in [0.2, 0.25) is 0 Å². The summed E-state index contributed by atoms with van der Waals surface area (Å²) in [6.45, 7) is 4.81. The first-order valence-corrected chi connectivity index (χ1v) is 6.03. The highest BCUT2D eigenvalue weighted by Gasteiger charge is 2.29. The molecule has 4 unspecified atom stereocenters. The number of rotatable bonds is 2. The second-order valence-corrected chi connectivity index (χ2v) is 5.20. The summed E-state index contributed by atoms with van der Waals surface area (Å²) in [6.07, 6.45) is 8.62. The SMILES string of the molecule is CC1CCCC1NC1CCCC1C. The van der Waals surface area contributed by atoms with Crippen LogP contribution < -0.4 is 5.32 Å². The summed E-state index contributed by atoms with van der Waals surface area (Å²) in [5.74, 6) is 1.85. The Balaban J connectivity index is 1.82. The van der Waals surface area contributed by atoms with Crippen molar-refractivity contribution in [3.8, 4) is 0 Å². The van der Waals surface area contributed by atoms with Gasteiger partial charge in [-0.3, -0.25) is 0 Å². The molecule has 1 heteroatoms. The molecule has 4 atom stereocenters. The molecule has 0 spiro atoms. The molecule has 0 heterocycles. The van der Waals surface area contributed by atoms with Gasteiger partial charge in [-0.1, -0.05) is 26.7 Å². The van der Waals surface area contributed by atoms with Crippen LogP contribution in [0.25, 0.3) is 0 Å². The minimum absolute atomic E-state index is 0.838. The third-order valence-electron chi connectivity index (χ3n) is 4.15. The molecule has 0 aliphatic heterocycles. The van der Waals surface area contributed by atoms with E-state index in [1.807, 2.05) is 0 Å². The van der Waals surface area contributed by atoms with E-state index in [1.165, 1.54) is 38.5 Å². The molecule has 2 rings (SSSR count). The van der Waals surface area contributed by atoms with Gasteiger partial charge in [0.05, 0.1) is 0 Å². The lowest BCUT2D eigenvalue weighted by Crippen LogP contribution is -2.41. The lowest BCUT2D eigenvalue weighted by Gasteiger charge is -2.25. The van der Waals surface area contributed by atoms with Gasteiger partial charge in [-0.05, 0) is 37.5 Å². The number of hydrogen-bond acceptors (Lipinski definition) is 1. The average Bonchev–Trinajstić information content (AvgIpc) is 2.65. The average molecular weight is 181 g/mol. The van der Waals surface area contributed by atoms with Crippen molar-refractivity contribution in [2.45, 2.75) is 64.5 Å². The van der Waals surface area contributed by atoms with Gasteiger partial charge in [0.15, 0.2) is 0 Å². The zero-order valence-electron chi connectivity index (χ0n) is 9.05. The second kappa shape index (κ2) is 4.00. The third kappa shape index (κ3) is 2.07. The molecule has 13 heavy (non-hydrogen) atoms. The first-order chi connectivity index (χ1) is 6.27.